The first-order valence-electron chi connectivity index (χ1n) is 12.0. The van der Waals surface area contributed by atoms with Crippen molar-refractivity contribution in [1.82, 2.24) is 4.90 Å². The van der Waals surface area contributed by atoms with Crippen molar-refractivity contribution in [1.29, 1.82) is 0 Å². The Bertz CT molecular complexity index is 1320. The zero-order valence-corrected chi connectivity index (χ0v) is 24.3. The van der Waals surface area contributed by atoms with Crippen LogP contribution in [-0.2, 0) is 23.9 Å². The zero-order valence-electron chi connectivity index (χ0n) is 22.6. The summed E-state index contributed by atoms with van der Waals surface area (Å²) in [7, 11) is -7.53. The van der Waals surface area contributed by atoms with Crippen LogP contribution in [0, 0.1) is 15.7 Å². The highest BCUT2D eigenvalue weighted by atomic mass is 32.2. The average Bonchev–Trinajstić information content (AvgIpc) is 3.03. The normalized spacial score (nSPS) is 22.5. The van der Waals surface area contributed by atoms with Crippen molar-refractivity contribution in [3.05, 3.63) is 34.4 Å². The van der Waals surface area contributed by atoms with Crippen LogP contribution in [0.15, 0.2) is 39.4 Å². The number of nitroso groups, excluding NO2 is 1. The molecule has 37 heavy (non-hydrogen) atoms. The Morgan fingerprint density at radius 2 is 1.86 bits per heavy atom. The van der Waals surface area contributed by atoms with Crippen molar-refractivity contribution in [2.24, 2.45) is 20.8 Å². The summed E-state index contributed by atoms with van der Waals surface area (Å²) in [6, 6.07) is 3.80. The lowest BCUT2D eigenvalue weighted by atomic mass is 9.84. The van der Waals surface area contributed by atoms with Crippen molar-refractivity contribution >= 4 is 46.0 Å². The van der Waals surface area contributed by atoms with E-state index in [-0.39, 0.29) is 40.1 Å². The van der Waals surface area contributed by atoms with Crippen LogP contribution in [0.3, 0.4) is 0 Å². The topological polar surface area (TPSA) is 147 Å². The smallest absolute Gasteiger partial charge is 0.339 e. The van der Waals surface area contributed by atoms with Crippen molar-refractivity contribution in [2.75, 3.05) is 29.4 Å². The average molecular weight is 554 g/mol. The van der Waals surface area contributed by atoms with Crippen molar-refractivity contribution < 1.29 is 22.3 Å². The Hall–Kier alpha value is -2.56. The lowest BCUT2D eigenvalue weighted by Crippen LogP contribution is -2.45. The Morgan fingerprint density at radius 3 is 2.38 bits per heavy atom. The number of carbonyl (C=O) groups excluding carboxylic acids is 1. The third kappa shape index (κ3) is 6.30. The van der Waals surface area contributed by atoms with Gasteiger partial charge in [0.05, 0.1) is 29.9 Å². The number of amidine groups is 1. The minimum Gasteiger partial charge on any atom is -0.339 e. The Morgan fingerprint density at radius 1 is 1.22 bits per heavy atom. The molecule has 0 aromatic heterocycles. The summed E-state index contributed by atoms with van der Waals surface area (Å²) >= 11 is 0. The van der Waals surface area contributed by atoms with Gasteiger partial charge in [0.1, 0.15) is 17.1 Å². The molecule has 204 valence electrons. The Balaban J connectivity index is 2.15. The number of carbonyl (C=O) groups is 1. The largest absolute Gasteiger partial charge is 0.348 e. The summed E-state index contributed by atoms with van der Waals surface area (Å²) in [5.74, 6) is -0.480. The number of hydrogen-bond donors (Lipinski definition) is 2. The molecule has 1 unspecified atom stereocenters. The van der Waals surface area contributed by atoms with Crippen LogP contribution >= 0.6 is 7.52 Å². The van der Waals surface area contributed by atoms with E-state index in [4.69, 9.17) is 4.52 Å². The lowest BCUT2D eigenvalue weighted by molar-refractivity contribution is -0.128. The molecule has 1 aromatic carbocycles. The van der Waals surface area contributed by atoms with Crippen LogP contribution in [0.25, 0.3) is 0 Å². The molecule has 13 heteroatoms. The van der Waals surface area contributed by atoms with Gasteiger partial charge in [-0.1, -0.05) is 41.5 Å². The zero-order chi connectivity index (χ0) is 28.0. The molecule has 11 nitrogen and oxygen atoms in total. The van der Waals surface area contributed by atoms with Crippen molar-refractivity contribution in [2.45, 2.75) is 60.9 Å². The van der Waals surface area contributed by atoms with E-state index in [1.165, 1.54) is 18.2 Å². The van der Waals surface area contributed by atoms with E-state index < -0.39 is 34.9 Å². The maximum atomic E-state index is 14.0. The van der Waals surface area contributed by atoms with Crippen molar-refractivity contribution in [3.8, 4) is 0 Å². The molecule has 2 heterocycles. The van der Waals surface area contributed by atoms with Crippen LogP contribution in [-0.4, -0.2) is 50.5 Å². The molecule has 3 rings (SSSR count). The summed E-state index contributed by atoms with van der Waals surface area (Å²) in [5.41, 5.74) is -0.0581. The maximum Gasteiger partial charge on any atom is 0.348 e. The van der Waals surface area contributed by atoms with E-state index in [1.54, 1.807) is 11.8 Å². The summed E-state index contributed by atoms with van der Waals surface area (Å²) < 4.78 is 49.6. The van der Waals surface area contributed by atoms with Gasteiger partial charge in [0.15, 0.2) is 0 Å². The van der Waals surface area contributed by atoms with Gasteiger partial charge < -0.3 is 14.7 Å². The molecular formula is C24H36N5O6PS. The molecule has 0 radical (unpaired) electrons. The first-order chi connectivity index (χ1) is 16.9. The molecule has 0 saturated heterocycles. The molecule has 2 atom stereocenters. The summed E-state index contributed by atoms with van der Waals surface area (Å²) in [5, 5.41) is 6.45. The summed E-state index contributed by atoms with van der Waals surface area (Å²) in [6.07, 6.45) is 1.70. The predicted octanol–water partition coefficient (Wildman–Crippen LogP) is 4.45. The molecule has 0 fully saturated rings. The van der Waals surface area contributed by atoms with Gasteiger partial charge in [0.25, 0.3) is 5.91 Å². The van der Waals surface area contributed by atoms with Gasteiger partial charge in [0, 0.05) is 12.2 Å². The van der Waals surface area contributed by atoms with E-state index in [0.29, 0.717) is 18.7 Å². The fraction of sp³-hybridized carbons (Fsp3) is 0.583. The monoisotopic (exact) mass is 553 g/mol. The molecule has 0 spiro atoms. The number of anilines is 2. The minimum absolute atomic E-state index is 0.0273. The van der Waals surface area contributed by atoms with E-state index in [2.05, 4.69) is 40.7 Å². The lowest BCUT2D eigenvalue weighted by Gasteiger charge is -2.36. The molecule has 2 N–H and O–H groups in total. The number of rotatable bonds is 8. The van der Waals surface area contributed by atoms with Gasteiger partial charge in [-0.2, -0.15) is 4.76 Å². The standard InChI is InChI=1S/C24H36N5O6PS/c1-9-35-36(32)17-14-15(28-37(8,33)34)10-11-16(17)25-21(27-36)18-19(26-31)20(24(5,6)7)29(22(18)30)13-12-23(2,3)4/h10-11,14,20,28H,9,12-13H2,1-8H3,(H,25,27,32)/t20-,36?/m0/s1. The van der Waals surface area contributed by atoms with E-state index in [9.17, 15) is 22.7 Å². The number of benzene rings is 1. The Kier molecular flexibility index (Phi) is 7.81. The quantitative estimate of drug-likeness (QED) is 0.357. The van der Waals surface area contributed by atoms with Crippen LogP contribution < -0.4 is 15.3 Å². The maximum absolute atomic E-state index is 14.0. The highest BCUT2D eigenvalue weighted by molar-refractivity contribution is 7.92. The minimum atomic E-state index is -3.95. The van der Waals surface area contributed by atoms with Crippen LogP contribution in [0.5, 0.6) is 0 Å². The van der Waals surface area contributed by atoms with Gasteiger partial charge in [-0.05, 0) is 47.6 Å². The van der Waals surface area contributed by atoms with Gasteiger partial charge in [-0.15, -0.1) is 4.91 Å². The van der Waals surface area contributed by atoms with Crippen LogP contribution in [0.4, 0.5) is 11.4 Å². The van der Waals surface area contributed by atoms with E-state index in [0.717, 1.165) is 6.26 Å². The van der Waals surface area contributed by atoms with Gasteiger partial charge in [-0.25, -0.2) is 8.42 Å². The third-order valence-corrected chi connectivity index (χ3v) is 8.61. The number of nitrogens with zero attached hydrogens (tertiary/aromatic N) is 3. The number of nitrogens with one attached hydrogen (secondary N) is 2. The molecule has 0 saturated carbocycles. The second kappa shape index (κ2) is 9.96. The SMILES string of the molecule is CCOP1(=O)N=C(C2=C(N=O)[C@@H](C(C)(C)C)N(CCC(C)(C)C)C2=O)Nc2ccc(NS(C)(=O)=O)cc21. The van der Waals surface area contributed by atoms with Gasteiger partial charge in [0.2, 0.25) is 10.0 Å². The second-order valence-electron chi connectivity index (χ2n) is 11.5. The first-order valence-corrected chi connectivity index (χ1v) is 15.5. The predicted molar refractivity (Wildman–Crippen MR) is 147 cm³/mol. The molecule has 2 aliphatic rings. The second-order valence-corrected chi connectivity index (χ2v) is 15.3. The number of sulfonamides is 1. The van der Waals surface area contributed by atoms with Gasteiger partial charge >= 0.3 is 7.52 Å². The number of fused-ring (bicyclic) bond motifs is 1. The fourth-order valence-corrected chi connectivity index (χ4v) is 6.77. The number of amides is 1. The third-order valence-electron chi connectivity index (χ3n) is 5.95. The van der Waals surface area contributed by atoms with E-state index in [1.807, 2.05) is 20.8 Å². The van der Waals surface area contributed by atoms with Crippen LogP contribution in [0.2, 0.25) is 0 Å². The highest BCUT2D eigenvalue weighted by Crippen LogP contribution is 2.53. The first kappa shape index (κ1) is 29.0. The van der Waals surface area contributed by atoms with E-state index >= 15 is 0 Å². The summed E-state index contributed by atoms with van der Waals surface area (Å²) in [6.45, 7) is 14.1. The molecule has 0 aliphatic carbocycles. The summed E-state index contributed by atoms with van der Waals surface area (Å²) in [4.78, 5) is 27.6. The molecule has 1 aromatic rings. The van der Waals surface area contributed by atoms with Crippen molar-refractivity contribution in [3.63, 3.8) is 0 Å². The molecule has 0 bridgehead atoms. The molecular weight excluding hydrogens is 517 g/mol. The highest BCUT2D eigenvalue weighted by Gasteiger charge is 2.49. The number of hydrogen-bond acceptors (Lipinski definition) is 8. The Labute approximate surface area is 218 Å². The fourth-order valence-electron chi connectivity index (χ4n) is 4.41. The van der Waals surface area contributed by atoms with Crippen LogP contribution in [0.1, 0.15) is 54.9 Å². The van der Waals surface area contributed by atoms with Gasteiger partial charge in [-0.3, -0.25) is 14.1 Å². The molecule has 1 amide bonds. The molecule has 2 aliphatic heterocycles.